The molecule has 2 aliphatic heterocycles. The summed E-state index contributed by atoms with van der Waals surface area (Å²) in [6, 6.07) is 1.69. The molecule has 2 aromatic rings. The van der Waals surface area contributed by atoms with Crippen molar-refractivity contribution >= 4 is 22.8 Å². The molecular weight excluding hydrogens is 328 g/mol. The van der Waals surface area contributed by atoms with Crippen molar-refractivity contribution in [3.05, 3.63) is 18.6 Å². The molecule has 4 heterocycles. The Morgan fingerprint density at radius 2 is 2.12 bits per heavy atom. The lowest BCUT2D eigenvalue weighted by atomic mass is 10.1. The highest BCUT2D eigenvalue weighted by Gasteiger charge is 2.55. The average molecular weight is 348 g/mol. The van der Waals surface area contributed by atoms with Gasteiger partial charge in [-0.3, -0.25) is 9.36 Å². The number of nitrogens with zero attached hydrogens (tertiary/aromatic N) is 3. The van der Waals surface area contributed by atoms with Gasteiger partial charge in [-0.2, -0.15) is 0 Å². The Balaban J connectivity index is 1.73. The summed E-state index contributed by atoms with van der Waals surface area (Å²) in [6.45, 7) is 4.92. The number of ether oxygens (including phenoxy) is 3. The standard InChI is InChI=1S/C16H20N4O5/c1-8(22)19-9-4-5-17-14-11(9)18-7-20(14)15-13-12(10(6-21)23-15)24-16(2,3)25-13/h4-5,7,10,12-13,15,21H,6H2,1-3H3,(H,17,19,22)/t10-,12-,13-,15-/m1/s1. The molecule has 4 atom stereocenters. The smallest absolute Gasteiger partial charge is 0.221 e. The first-order valence-corrected chi connectivity index (χ1v) is 8.11. The van der Waals surface area contributed by atoms with Crippen LogP contribution in [0.15, 0.2) is 18.6 Å². The van der Waals surface area contributed by atoms with E-state index >= 15 is 0 Å². The Bertz CT molecular complexity index is 820. The minimum atomic E-state index is -0.754. The molecule has 25 heavy (non-hydrogen) atoms. The molecule has 1 amide bonds. The van der Waals surface area contributed by atoms with Gasteiger partial charge in [-0.1, -0.05) is 0 Å². The summed E-state index contributed by atoms with van der Waals surface area (Å²) < 4.78 is 19.5. The predicted octanol–water partition coefficient (Wildman–Crippen LogP) is 0.799. The van der Waals surface area contributed by atoms with Gasteiger partial charge in [-0.05, 0) is 19.9 Å². The highest BCUT2D eigenvalue weighted by molar-refractivity contribution is 5.97. The Morgan fingerprint density at radius 3 is 2.84 bits per heavy atom. The molecule has 2 aromatic heterocycles. The monoisotopic (exact) mass is 348 g/mol. The average Bonchev–Trinajstić information content (AvgIpc) is 3.17. The molecular formula is C16H20N4O5. The van der Waals surface area contributed by atoms with Gasteiger partial charge in [-0.15, -0.1) is 0 Å². The van der Waals surface area contributed by atoms with Crippen molar-refractivity contribution < 1.29 is 24.1 Å². The molecule has 0 bridgehead atoms. The number of carbonyl (C=O) groups is 1. The second-order valence-corrected chi connectivity index (χ2v) is 6.68. The van der Waals surface area contributed by atoms with Crippen LogP contribution in [0, 0.1) is 0 Å². The van der Waals surface area contributed by atoms with E-state index in [1.165, 1.54) is 6.92 Å². The van der Waals surface area contributed by atoms with Crippen molar-refractivity contribution in [2.24, 2.45) is 0 Å². The van der Waals surface area contributed by atoms with Crippen LogP contribution in [0.4, 0.5) is 5.69 Å². The number of pyridine rings is 1. The summed E-state index contributed by atoms with van der Waals surface area (Å²) in [5, 5.41) is 12.3. The Morgan fingerprint density at radius 1 is 1.36 bits per heavy atom. The van der Waals surface area contributed by atoms with Crippen LogP contribution in [0.1, 0.15) is 27.0 Å². The third-order valence-corrected chi connectivity index (χ3v) is 4.35. The van der Waals surface area contributed by atoms with Crippen molar-refractivity contribution in [1.29, 1.82) is 0 Å². The molecule has 0 radical (unpaired) electrons. The summed E-state index contributed by atoms with van der Waals surface area (Å²) in [5.74, 6) is -0.940. The van der Waals surface area contributed by atoms with E-state index in [0.29, 0.717) is 16.9 Å². The van der Waals surface area contributed by atoms with Gasteiger partial charge in [0.05, 0.1) is 18.6 Å². The van der Waals surface area contributed by atoms with Crippen LogP contribution < -0.4 is 5.32 Å². The minimum Gasteiger partial charge on any atom is -0.394 e. The number of imidazole rings is 1. The number of carbonyl (C=O) groups excluding carboxylic acids is 1. The fourth-order valence-corrected chi connectivity index (χ4v) is 3.44. The summed E-state index contributed by atoms with van der Waals surface area (Å²) in [7, 11) is 0. The molecule has 9 heteroatoms. The van der Waals surface area contributed by atoms with Crippen LogP contribution in [0.5, 0.6) is 0 Å². The van der Waals surface area contributed by atoms with E-state index < -0.39 is 24.2 Å². The third kappa shape index (κ3) is 2.69. The molecule has 0 aliphatic carbocycles. The molecule has 0 spiro atoms. The molecule has 0 unspecified atom stereocenters. The number of rotatable bonds is 3. The van der Waals surface area contributed by atoms with Crippen LogP contribution in [0.2, 0.25) is 0 Å². The highest BCUT2D eigenvalue weighted by atomic mass is 16.8. The molecule has 2 aliphatic rings. The van der Waals surface area contributed by atoms with E-state index in [9.17, 15) is 9.90 Å². The molecule has 9 nitrogen and oxygen atoms in total. The van der Waals surface area contributed by atoms with E-state index in [4.69, 9.17) is 14.2 Å². The van der Waals surface area contributed by atoms with Gasteiger partial charge >= 0.3 is 0 Å². The van der Waals surface area contributed by atoms with Crippen molar-refractivity contribution in [2.75, 3.05) is 11.9 Å². The predicted molar refractivity (Wildman–Crippen MR) is 86.7 cm³/mol. The molecule has 2 N–H and O–H groups in total. The zero-order chi connectivity index (χ0) is 17.8. The van der Waals surface area contributed by atoms with E-state index in [1.807, 2.05) is 13.8 Å². The lowest BCUT2D eigenvalue weighted by Gasteiger charge is -2.24. The number of aliphatic hydroxyl groups excluding tert-OH is 1. The zero-order valence-electron chi connectivity index (χ0n) is 14.2. The summed E-state index contributed by atoms with van der Waals surface area (Å²) >= 11 is 0. The highest BCUT2D eigenvalue weighted by Crippen LogP contribution is 2.43. The molecule has 134 valence electrons. The Kier molecular flexibility index (Phi) is 3.76. The first-order chi connectivity index (χ1) is 11.9. The minimum absolute atomic E-state index is 0.172. The number of nitrogens with one attached hydrogen (secondary N) is 1. The van der Waals surface area contributed by atoms with Gasteiger partial charge in [0.25, 0.3) is 0 Å². The maximum atomic E-state index is 11.4. The maximum Gasteiger partial charge on any atom is 0.221 e. The first kappa shape index (κ1) is 16.4. The van der Waals surface area contributed by atoms with Gasteiger partial charge in [-0.25, -0.2) is 9.97 Å². The van der Waals surface area contributed by atoms with Crippen LogP contribution in [0.25, 0.3) is 11.2 Å². The Labute approximate surface area is 143 Å². The molecule has 2 saturated heterocycles. The molecule has 4 rings (SSSR count). The number of fused-ring (bicyclic) bond motifs is 2. The number of amides is 1. The van der Waals surface area contributed by atoms with E-state index in [1.54, 1.807) is 23.2 Å². The van der Waals surface area contributed by atoms with E-state index in [0.717, 1.165) is 0 Å². The Hall–Kier alpha value is -2.07. The second-order valence-electron chi connectivity index (χ2n) is 6.68. The van der Waals surface area contributed by atoms with Gasteiger partial charge in [0.2, 0.25) is 5.91 Å². The quantitative estimate of drug-likeness (QED) is 0.844. The van der Waals surface area contributed by atoms with Gasteiger partial charge < -0.3 is 24.6 Å². The van der Waals surface area contributed by atoms with Crippen LogP contribution in [-0.4, -0.2) is 56.3 Å². The SMILES string of the molecule is CC(=O)Nc1ccnc2c1ncn2[C@@H]1O[C@H](CO)[C@H]2OC(C)(C)O[C@H]21. The summed E-state index contributed by atoms with van der Waals surface area (Å²) in [4.78, 5) is 20.1. The number of aliphatic hydroxyl groups is 1. The normalized spacial score (nSPS) is 30.6. The van der Waals surface area contributed by atoms with Gasteiger partial charge in [0, 0.05) is 13.1 Å². The zero-order valence-corrected chi connectivity index (χ0v) is 14.2. The number of anilines is 1. The second kappa shape index (κ2) is 5.73. The maximum absolute atomic E-state index is 11.4. The van der Waals surface area contributed by atoms with Gasteiger partial charge in [0.15, 0.2) is 17.7 Å². The first-order valence-electron chi connectivity index (χ1n) is 8.11. The van der Waals surface area contributed by atoms with Crippen molar-refractivity contribution in [2.45, 2.75) is 51.1 Å². The van der Waals surface area contributed by atoms with E-state index in [-0.39, 0.29) is 18.6 Å². The fourth-order valence-electron chi connectivity index (χ4n) is 3.44. The number of hydrogen-bond acceptors (Lipinski definition) is 7. The number of aromatic nitrogens is 3. The van der Waals surface area contributed by atoms with Crippen molar-refractivity contribution in [3.8, 4) is 0 Å². The van der Waals surface area contributed by atoms with Crippen molar-refractivity contribution in [1.82, 2.24) is 14.5 Å². The summed E-state index contributed by atoms with van der Waals surface area (Å²) in [6.07, 6.45) is 1.40. The fraction of sp³-hybridized carbons (Fsp3) is 0.562. The lowest BCUT2D eigenvalue weighted by molar-refractivity contribution is -0.199. The molecule has 0 aromatic carbocycles. The topological polar surface area (TPSA) is 108 Å². The largest absolute Gasteiger partial charge is 0.394 e. The summed E-state index contributed by atoms with van der Waals surface area (Å²) in [5.41, 5.74) is 1.69. The van der Waals surface area contributed by atoms with Crippen LogP contribution in [-0.2, 0) is 19.0 Å². The molecule has 2 fully saturated rings. The van der Waals surface area contributed by atoms with E-state index in [2.05, 4.69) is 15.3 Å². The van der Waals surface area contributed by atoms with Gasteiger partial charge in [0.1, 0.15) is 23.8 Å². The third-order valence-electron chi connectivity index (χ3n) is 4.35. The number of hydrogen-bond donors (Lipinski definition) is 2. The molecule has 0 saturated carbocycles. The van der Waals surface area contributed by atoms with Crippen LogP contribution in [0.3, 0.4) is 0 Å². The van der Waals surface area contributed by atoms with Crippen molar-refractivity contribution in [3.63, 3.8) is 0 Å². The van der Waals surface area contributed by atoms with Crippen LogP contribution >= 0.6 is 0 Å². The lowest BCUT2D eigenvalue weighted by Crippen LogP contribution is -2.31.